The Kier molecular flexibility index (Phi) is 6.06. The van der Waals surface area contributed by atoms with Crippen LogP contribution in [0.3, 0.4) is 0 Å². The molecule has 0 aliphatic carbocycles. The monoisotopic (exact) mass is 379 g/mol. The van der Waals surface area contributed by atoms with Crippen LogP contribution >= 0.6 is 0 Å². The van der Waals surface area contributed by atoms with Gasteiger partial charge >= 0.3 is 12.0 Å². The molecular formula is C21H21N3O4. The molecule has 1 heterocycles. The van der Waals surface area contributed by atoms with E-state index in [0.717, 1.165) is 16.5 Å². The van der Waals surface area contributed by atoms with Crippen molar-refractivity contribution >= 4 is 28.8 Å². The van der Waals surface area contributed by atoms with Crippen LogP contribution in [0.15, 0.2) is 60.8 Å². The van der Waals surface area contributed by atoms with E-state index in [-0.39, 0.29) is 6.42 Å². The fourth-order valence-electron chi connectivity index (χ4n) is 2.89. The van der Waals surface area contributed by atoms with Crippen molar-refractivity contribution < 1.29 is 19.1 Å². The van der Waals surface area contributed by atoms with Crippen molar-refractivity contribution in [3.05, 3.63) is 71.9 Å². The van der Waals surface area contributed by atoms with Gasteiger partial charge in [0.05, 0.1) is 6.42 Å². The second-order valence-electron chi connectivity index (χ2n) is 6.17. The molecule has 0 bridgehead atoms. The molecule has 1 aromatic heterocycles. The van der Waals surface area contributed by atoms with E-state index in [0.29, 0.717) is 12.1 Å². The van der Waals surface area contributed by atoms with Crippen LogP contribution in [0.25, 0.3) is 10.9 Å². The number of urea groups is 1. The number of carbonyl (C=O) groups is 3. The van der Waals surface area contributed by atoms with E-state index in [2.05, 4.69) is 15.6 Å². The number of amides is 3. The van der Waals surface area contributed by atoms with Gasteiger partial charge in [0.15, 0.2) is 0 Å². The number of rotatable bonds is 6. The zero-order valence-electron chi connectivity index (χ0n) is 15.4. The van der Waals surface area contributed by atoms with Crippen molar-refractivity contribution in [2.75, 3.05) is 6.54 Å². The van der Waals surface area contributed by atoms with Crippen LogP contribution in [-0.4, -0.2) is 29.4 Å². The minimum atomic E-state index is -1.22. The number of benzene rings is 2. The van der Waals surface area contributed by atoms with Crippen molar-refractivity contribution in [2.24, 2.45) is 0 Å². The van der Waals surface area contributed by atoms with E-state index >= 15 is 0 Å². The summed E-state index contributed by atoms with van der Waals surface area (Å²) >= 11 is 0. The van der Waals surface area contributed by atoms with E-state index in [1.54, 1.807) is 43.5 Å². The Morgan fingerprint density at radius 3 is 2.50 bits per heavy atom. The lowest BCUT2D eigenvalue weighted by Gasteiger charge is -2.17. The number of imide groups is 1. The van der Waals surface area contributed by atoms with Gasteiger partial charge in [0.25, 0.3) is 5.91 Å². The molecule has 28 heavy (non-hydrogen) atoms. The molecule has 3 rings (SSSR count). The molecule has 3 aromatic rings. The second kappa shape index (κ2) is 8.85. The number of nitrogens with one attached hydrogen (secondary N) is 3. The summed E-state index contributed by atoms with van der Waals surface area (Å²) in [6.45, 7) is 2.11. The Morgan fingerprint density at radius 2 is 1.75 bits per heavy atom. The molecule has 0 saturated heterocycles. The lowest BCUT2D eigenvalue weighted by atomic mass is 10.1. The molecular weight excluding hydrogens is 358 g/mol. The van der Waals surface area contributed by atoms with Crippen molar-refractivity contribution in [1.82, 2.24) is 15.6 Å². The summed E-state index contributed by atoms with van der Waals surface area (Å²) in [5.74, 6) is -1.27. The smallest absolute Gasteiger partial charge is 0.321 e. The third-order valence-electron chi connectivity index (χ3n) is 4.17. The highest BCUT2D eigenvalue weighted by Gasteiger charge is 2.26. The van der Waals surface area contributed by atoms with Crippen LogP contribution in [-0.2, 0) is 20.7 Å². The van der Waals surface area contributed by atoms with Gasteiger partial charge in [-0.3, -0.25) is 14.9 Å². The molecule has 0 aliphatic rings. The van der Waals surface area contributed by atoms with Crippen LogP contribution in [0.2, 0.25) is 0 Å². The molecule has 0 aliphatic heterocycles. The first kappa shape index (κ1) is 19.2. The number of para-hydroxylation sites is 1. The maximum absolute atomic E-state index is 12.5. The van der Waals surface area contributed by atoms with Gasteiger partial charge in [-0.25, -0.2) is 4.79 Å². The summed E-state index contributed by atoms with van der Waals surface area (Å²) in [6, 6.07) is 15.6. The summed E-state index contributed by atoms with van der Waals surface area (Å²) in [4.78, 5) is 39.9. The van der Waals surface area contributed by atoms with E-state index in [4.69, 9.17) is 4.74 Å². The summed E-state index contributed by atoms with van der Waals surface area (Å²) < 4.78 is 5.45. The summed E-state index contributed by atoms with van der Waals surface area (Å²) in [5.41, 5.74) is 2.17. The van der Waals surface area contributed by atoms with Gasteiger partial charge in [-0.05, 0) is 18.6 Å². The molecule has 0 saturated carbocycles. The third-order valence-corrected chi connectivity index (χ3v) is 4.17. The van der Waals surface area contributed by atoms with Crippen molar-refractivity contribution in [1.29, 1.82) is 0 Å². The SMILES string of the molecule is CCNC(=O)NC(=O)[C@H](OC(=O)Cc1c[nH]c2ccccc12)c1ccccc1. The largest absolute Gasteiger partial charge is 0.447 e. The first-order valence-electron chi connectivity index (χ1n) is 8.96. The van der Waals surface area contributed by atoms with Gasteiger partial charge in [-0.2, -0.15) is 0 Å². The average molecular weight is 379 g/mol. The number of esters is 1. The lowest BCUT2D eigenvalue weighted by Crippen LogP contribution is -2.42. The fraction of sp³-hybridized carbons (Fsp3) is 0.190. The van der Waals surface area contributed by atoms with Crippen LogP contribution in [0.5, 0.6) is 0 Å². The third kappa shape index (κ3) is 4.56. The summed E-state index contributed by atoms with van der Waals surface area (Å²) in [6.07, 6.45) is 0.529. The molecule has 0 unspecified atom stereocenters. The average Bonchev–Trinajstić information content (AvgIpc) is 3.10. The summed E-state index contributed by atoms with van der Waals surface area (Å²) in [7, 11) is 0. The topological polar surface area (TPSA) is 100 Å². The quantitative estimate of drug-likeness (QED) is 0.573. The zero-order valence-corrected chi connectivity index (χ0v) is 15.4. The molecule has 144 valence electrons. The van der Waals surface area contributed by atoms with Crippen LogP contribution < -0.4 is 10.6 Å². The van der Waals surface area contributed by atoms with E-state index in [1.807, 2.05) is 24.3 Å². The van der Waals surface area contributed by atoms with Gasteiger partial charge < -0.3 is 15.0 Å². The number of hydrogen-bond donors (Lipinski definition) is 3. The molecule has 0 radical (unpaired) electrons. The highest BCUT2D eigenvalue weighted by atomic mass is 16.5. The Bertz CT molecular complexity index is 981. The van der Waals surface area contributed by atoms with E-state index in [1.165, 1.54) is 0 Å². The minimum absolute atomic E-state index is 0.00177. The molecule has 7 nitrogen and oxygen atoms in total. The predicted molar refractivity (Wildman–Crippen MR) is 104 cm³/mol. The van der Waals surface area contributed by atoms with Crippen LogP contribution in [0.1, 0.15) is 24.2 Å². The van der Waals surface area contributed by atoms with Crippen molar-refractivity contribution in [3.63, 3.8) is 0 Å². The maximum Gasteiger partial charge on any atom is 0.321 e. The second-order valence-corrected chi connectivity index (χ2v) is 6.17. The number of H-pyrrole nitrogens is 1. The lowest BCUT2D eigenvalue weighted by molar-refractivity contribution is -0.155. The standard InChI is InChI=1S/C21H21N3O4/c1-2-22-21(27)24-20(26)19(14-8-4-3-5-9-14)28-18(25)12-15-13-23-17-11-7-6-10-16(15)17/h3-11,13,19,23H,2,12H2,1H3,(H2,22,24,26,27)/t19-/m1/s1. The number of fused-ring (bicyclic) bond motifs is 1. The van der Waals surface area contributed by atoms with Crippen LogP contribution in [0, 0.1) is 0 Å². The number of aromatic nitrogens is 1. The van der Waals surface area contributed by atoms with Crippen molar-refractivity contribution in [2.45, 2.75) is 19.4 Å². The molecule has 2 aromatic carbocycles. The molecule has 1 atom stereocenters. The molecule has 0 fully saturated rings. The Morgan fingerprint density at radius 1 is 1.04 bits per heavy atom. The predicted octanol–water partition coefficient (Wildman–Crippen LogP) is 2.84. The molecule has 0 spiro atoms. The number of hydrogen-bond acceptors (Lipinski definition) is 4. The number of ether oxygens (including phenoxy) is 1. The van der Waals surface area contributed by atoms with Gasteiger partial charge in [-0.15, -0.1) is 0 Å². The number of aromatic amines is 1. The minimum Gasteiger partial charge on any atom is -0.447 e. The zero-order chi connectivity index (χ0) is 19.9. The van der Waals surface area contributed by atoms with Crippen LogP contribution in [0.4, 0.5) is 4.79 Å². The summed E-state index contributed by atoms with van der Waals surface area (Å²) in [5, 5.41) is 5.60. The Labute approximate surface area is 162 Å². The normalized spacial score (nSPS) is 11.6. The fourth-order valence-corrected chi connectivity index (χ4v) is 2.89. The highest BCUT2D eigenvalue weighted by molar-refractivity contribution is 5.98. The molecule has 3 amide bonds. The Balaban J connectivity index is 1.76. The van der Waals surface area contributed by atoms with E-state index in [9.17, 15) is 14.4 Å². The Hall–Kier alpha value is -3.61. The van der Waals surface area contributed by atoms with Gasteiger partial charge in [0, 0.05) is 29.2 Å². The first-order chi connectivity index (χ1) is 13.6. The van der Waals surface area contributed by atoms with E-state index < -0.39 is 24.0 Å². The first-order valence-corrected chi connectivity index (χ1v) is 8.96. The number of carbonyl (C=O) groups excluding carboxylic acids is 3. The van der Waals surface area contributed by atoms with Gasteiger partial charge in [0.2, 0.25) is 6.10 Å². The maximum atomic E-state index is 12.5. The van der Waals surface area contributed by atoms with Crippen molar-refractivity contribution in [3.8, 4) is 0 Å². The van der Waals surface area contributed by atoms with Gasteiger partial charge in [0.1, 0.15) is 0 Å². The molecule has 3 N–H and O–H groups in total. The van der Waals surface area contributed by atoms with Gasteiger partial charge in [-0.1, -0.05) is 48.5 Å². The highest BCUT2D eigenvalue weighted by Crippen LogP contribution is 2.21. The molecule has 7 heteroatoms.